The number of hydrogen-bond acceptors (Lipinski definition) is 7. The van der Waals surface area contributed by atoms with E-state index in [4.69, 9.17) is 18.9 Å². The number of hydrogen-bond donors (Lipinski definition) is 0. The molecule has 0 bridgehead atoms. The Hall–Kier alpha value is -3.55. The number of ether oxygens (including phenoxy) is 4. The molecule has 1 heterocycles. The Balaban J connectivity index is 1.52. The zero-order chi connectivity index (χ0) is 21.7. The third kappa shape index (κ3) is 4.22. The summed E-state index contributed by atoms with van der Waals surface area (Å²) in [7, 11) is 4.56. The molecule has 8 heteroatoms. The highest BCUT2D eigenvalue weighted by molar-refractivity contribution is 6.21. The number of amides is 2. The fourth-order valence-electron chi connectivity index (χ4n) is 3.29. The van der Waals surface area contributed by atoms with Crippen LogP contribution < -0.4 is 14.2 Å². The second-order valence-corrected chi connectivity index (χ2v) is 6.56. The van der Waals surface area contributed by atoms with Crippen molar-refractivity contribution in [3.8, 4) is 17.2 Å². The van der Waals surface area contributed by atoms with Crippen molar-refractivity contribution in [1.29, 1.82) is 0 Å². The van der Waals surface area contributed by atoms with Gasteiger partial charge < -0.3 is 18.9 Å². The van der Waals surface area contributed by atoms with Gasteiger partial charge in [-0.05, 0) is 36.2 Å². The summed E-state index contributed by atoms with van der Waals surface area (Å²) in [6.07, 6.45) is 0.531. The van der Waals surface area contributed by atoms with Crippen molar-refractivity contribution < 1.29 is 33.3 Å². The summed E-state index contributed by atoms with van der Waals surface area (Å²) in [5, 5.41) is 0. The molecule has 158 valence electrons. The molecule has 0 spiro atoms. The lowest BCUT2D eigenvalue weighted by Crippen LogP contribution is -2.33. The second-order valence-electron chi connectivity index (χ2n) is 6.56. The molecule has 0 atom stereocenters. The maximum atomic E-state index is 12.3. The van der Waals surface area contributed by atoms with Crippen LogP contribution in [-0.4, -0.2) is 57.2 Å². The molecule has 2 aromatic carbocycles. The van der Waals surface area contributed by atoms with Crippen molar-refractivity contribution in [3.05, 3.63) is 53.1 Å². The van der Waals surface area contributed by atoms with E-state index in [0.29, 0.717) is 34.8 Å². The number of esters is 1. The molecule has 30 heavy (non-hydrogen) atoms. The van der Waals surface area contributed by atoms with Gasteiger partial charge in [0.25, 0.3) is 11.8 Å². The van der Waals surface area contributed by atoms with Gasteiger partial charge in [0.15, 0.2) is 11.5 Å². The van der Waals surface area contributed by atoms with Crippen LogP contribution in [0.3, 0.4) is 0 Å². The maximum absolute atomic E-state index is 12.3. The normalized spacial score (nSPS) is 12.6. The molecule has 0 saturated carbocycles. The average molecular weight is 413 g/mol. The standard InChI is InChI=1S/C22H23NO7/c1-27-17-12-14(13-18(28-2)20(17)29-3)8-9-19(24)30-11-10-23-21(25)15-6-4-5-7-16(15)22(23)26/h4-7,12-13H,8-11H2,1-3H3. The number of carbonyl (C=O) groups excluding carboxylic acids is 3. The highest BCUT2D eigenvalue weighted by Crippen LogP contribution is 2.38. The number of methoxy groups -OCH3 is 3. The number of carbonyl (C=O) groups is 3. The third-order valence-electron chi connectivity index (χ3n) is 4.80. The smallest absolute Gasteiger partial charge is 0.306 e. The van der Waals surface area contributed by atoms with E-state index in [9.17, 15) is 14.4 Å². The molecule has 0 unspecified atom stereocenters. The number of nitrogens with zero attached hydrogens (tertiary/aromatic N) is 1. The maximum Gasteiger partial charge on any atom is 0.306 e. The second kappa shape index (κ2) is 9.30. The minimum atomic E-state index is -0.430. The molecule has 0 aromatic heterocycles. The van der Waals surface area contributed by atoms with Crippen molar-refractivity contribution in [3.63, 3.8) is 0 Å². The molecule has 0 fully saturated rings. The summed E-state index contributed by atoms with van der Waals surface area (Å²) in [5.74, 6) is 0.317. The molecule has 0 saturated heterocycles. The Morgan fingerprint density at radius 1 is 0.900 bits per heavy atom. The fraction of sp³-hybridized carbons (Fsp3) is 0.318. The molecule has 2 amide bonds. The number of imide groups is 1. The Labute approximate surface area is 174 Å². The average Bonchev–Trinajstić information content (AvgIpc) is 3.01. The predicted octanol–water partition coefficient (Wildman–Crippen LogP) is 2.48. The molecule has 0 radical (unpaired) electrons. The Morgan fingerprint density at radius 3 is 1.97 bits per heavy atom. The van der Waals surface area contributed by atoms with Crippen molar-refractivity contribution >= 4 is 17.8 Å². The molecule has 1 aliphatic heterocycles. The minimum Gasteiger partial charge on any atom is -0.493 e. The van der Waals surface area contributed by atoms with E-state index in [1.807, 2.05) is 0 Å². The lowest BCUT2D eigenvalue weighted by atomic mass is 10.1. The SMILES string of the molecule is COc1cc(CCC(=O)OCCN2C(=O)c3ccccc3C2=O)cc(OC)c1OC. The van der Waals surface area contributed by atoms with Gasteiger partial charge >= 0.3 is 5.97 Å². The Kier molecular flexibility index (Phi) is 6.56. The van der Waals surface area contributed by atoms with Crippen LogP contribution in [0.2, 0.25) is 0 Å². The van der Waals surface area contributed by atoms with Crippen LogP contribution in [0.15, 0.2) is 36.4 Å². The molecule has 3 rings (SSSR count). The number of fused-ring (bicyclic) bond motifs is 1. The largest absolute Gasteiger partial charge is 0.493 e. The molecular weight excluding hydrogens is 390 g/mol. The monoisotopic (exact) mass is 413 g/mol. The van der Waals surface area contributed by atoms with Crippen molar-refractivity contribution in [2.45, 2.75) is 12.8 Å². The minimum absolute atomic E-state index is 0.0161. The lowest BCUT2D eigenvalue weighted by molar-refractivity contribution is -0.143. The van der Waals surface area contributed by atoms with Crippen LogP contribution in [0.5, 0.6) is 17.2 Å². The Morgan fingerprint density at radius 2 is 1.47 bits per heavy atom. The molecule has 0 aliphatic carbocycles. The van der Waals surface area contributed by atoms with Gasteiger partial charge in [-0.15, -0.1) is 0 Å². The molecule has 1 aliphatic rings. The summed E-state index contributed by atoms with van der Waals surface area (Å²) in [6, 6.07) is 10.2. The molecular formula is C22H23NO7. The third-order valence-corrected chi connectivity index (χ3v) is 4.80. The van der Waals surface area contributed by atoms with Crippen molar-refractivity contribution in [2.24, 2.45) is 0 Å². The van der Waals surface area contributed by atoms with Crippen LogP contribution >= 0.6 is 0 Å². The number of rotatable bonds is 9. The van der Waals surface area contributed by atoms with Gasteiger partial charge in [-0.2, -0.15) is 0 Å². The summed E-state index contributed by atoms with van der Waals surface area (Å²) in [5.41, 5.74) is 1.56. The van der Waals surface area contributed by atoms with E-state index in [1.54, 1.807) is 36.4 Å². The first-order chi connectivity index (χ1) is 14.5. The lowest BCUT2D eigenvalue weighted by Gasteiger charge is -2.15. The summed E-state index contributed by atoms with van der Waals surface area (Å²) in [6.45, 7) is -0.0399. The van der Waals surface area contributed by atoms with E-state index < -0.39 is 5.97 Å². The van der Waals surface area contributed by atoms with Crippen LogP contribution in [0, 0.1) is 0 Å². The van der Waals surface area contributed by atoms with Gasteiger partial charge in [0, 0.05) is 6.42 Å². The van der Waals surface area contributed by atoms with Gasteiger partial charge in [-0.3, -0.25) is 19.3 Å². The molecule has 2 aromatic rings. The van der Waals surface area contributed by atoms with Crippen LogP contribution in [0.25, 0.3) is 0 Å². The summed E-state index contributed by atoms with van der Waals surface area (Å²) in [4.78, 5) is 37.8. The quantitative estimate of drug-likeness (QED) is 0.461. The van der Waals surface area contributed by atoms with E-state index >= 15 is 0 Å². The van der Waals surface area contributed by atoms with E-state index in [1.165, 1.54) is 21.3 Å². The van der Waals surface area contributed by atoms with E-state index in [-0.39, 0.29) is 31.4 Å². The Bertz CT molecular complexity index is 910. The summed E-state index contributed by atoms with van der Waals surface area (Å²) < 4.78 is 21.1. The first kappa shape index (κ1) is 21.2. The van der Waals surface area contributed by atoms with E-state index in [2.05, 4.69) is 0 Å². The van der Waals surface area contributed by atoms with Crippen molar-refractivity contribution in [1.82, 2.24) is 4.90 Å². The van der Waals surface area contributed by atoms with E-state index in [0.717, 1.165) is 10.5 Å². The van der Waals surface area contributed by atoms with Crippen LogP contribution in [-0.2, 0) is 16.0 Å². The van der Waals surface area contributed by atoms with Gasteiger partial charge in [0.1, 0.15) is 6.61 Å². The zero-order valence-electron chi connectivity index (χ0n) is 17.1. The van der Waals surface area contributed by atoms with Gasteiger partial charge in [0.2, 0.25) is 5.75 Å². The van der Waals surface area contributed by atoms with Gasteiger partial charge in [-0.25, -0.2) is 0 Å². The number of aryl methyl sites for hydroxylation is 1. The van der Waals surface area contributed by atoms with Gasteiger partial charge in [-0.1, -0.05) is 12.1 Å². The highest BCUT2D eigenvalue weighted by atomic mass is 16.5. The van der Waals surface area contributed by atoms with Crippen molar-refractivity contribution in [2.75, 3.05) is 34.5 Å². The highest BCUT2D eigenvalue weighted by Gasteiger charge is 2.34. The molecule has 0 N–H and O–H groups in total. The first-order valence-electron chi connectivity index (χ1n) is 9.39. The van der Waals surface area contributed by atoms with Gasteiger partial charge in [0.05, 0.1) is 39.0 Å². The molecule has 8 nitrogen and oxygen atoms in total. The van der Waals surface area contributed by atoms with Crippen LogP contribution in [0.1, 0.15) is 32.7 Å². The number of benzene rings is 2. The zero-order valence-corrected chi connectivity index (χ0v) is 17.1. The van der Waals surface area contributed by atoms with Crippen LogP contribution in [0.4, 0.5) is 0 Å². The summed E-state index contributed by atoms with van der Waals surface area (Å²) >= 11 is 0. The fourth-order valence-corrected chi connectivity index (χ4v) is 3.29. The first-order valence-corrected chi connectivity index (χ1v) is 9.39. The predicted molar refractivity (Wildman–Crippen MR) is 107 cm³/mol. The topological polar surface area (TPSA) is 91.4 Å².